The summed E-state index contributed by atoms with van der Waals surface area (Å²) >= 11 is 0. The molecule has 80 valence electrons. The van der Waals surface area contributed by atoms with Crippen molar-refractivity contribution in [3.05, 3.63) is 35.9 Å². The van der Waals surface area contributed by atoms with Gasteiger partial charge >= 0.3 is 0 Å². The Morgan fingerprint density at radius 2 is 2.00 bits per heavy atom. The predicted molar refractivity (Wildman–Crippen MR) is 61.7 cm³/mol. The van der Waals surface area contributed by atoms with Crippen LogP contribution < -0.4 is 11.1 Å². The first-order valence-corrected chi connectivity index (χ1v) is 5.85. The molecular formula is C13H18N2. The van der Waals surface area contributed by atoms with Gasteiger partial charge in [-0.1, -0.05) is 30.3 Å². The van der Waals surface area contributed by atoms with Crippen LogP contribution in [0.15, 0.2) is 30.3 Å². The average Bonchev–Trinajstić information content (AvgIpc) is 3.13. The first-order chi connectivity index (χ1) is 7.28. The quantitative estimate of drug-likeness (QED) is 0.778. The monoisotopic (exact) mass is 202 g/mol. The second-order valence-corrected chi connectivity index (χ2v) is 5.06. The number of hydrogen-bond acceptors (Lipinski definition) is 2. The summed E-state index contributed by atoms with van der Waals surface area (Å²) < 4.78 is 0. The van der Waals surface area contributed by atoms with Crippen LogP contribution in [0, 0.1) is 0 Å². The van der Waals surface area contributed by atoms with E-state index in [1.54, 1.807) is 0 Å². The Bertz CT molecular complexity index is 345. The molecule has 2 fully saturated rings. The summed E-state index contributed by atoms with van der Waals surface area (Å²) in [6.07, 6.45) is 3.81. The van der Waals surface area contributed by atoms with E-state index in [-0.39, 0.29) is 5.54 Å². The van der Waals surface area contributed by atoms with Gasteiger partial charge in [-0.25, -0.2) is 0 Å². The van der Waals surface area contributed by atoms with Crippen molar-refractivity contribution < 1.29 is 0 Å². The molecule has 0 unspecified atom stereocenters. The van der Waals surface area contributed by atoms with E-state index >= 15 is 0 Å². The normalized spacial score (nSPS) is 34.1. The Kier molecular flexibility index (Phi) is 2.08. The van der Waals surface area contributed by atoms with Crippen molar-refractivity contribution in [1.29, 1.82) is 0 Å². The average molecular weight is 202 g/mol. The lowest BCUT2D eigenvalue weighted by Crippen LogP contribution is -2.38. The zero-order chi connectivity index (χ0) is 10.3. The van der Waals surface area contributed by atoms with Crippen molar-refractivity contribution in [2.75, 3.05) is 6.54 Å². The van der Waals surface area contributed by atoms with Gasteiger partial charge in [0.25, 0.3) is 0 Å². The van der Waals surface area contributed by atoms with E-state index < -0.39 is 0 Å². The van der Waals surface area contributed by atoms with Crippen molar-refractivity contribution in [3.8, 4) is 0 Å². The molecular weight excluding hydrogens is 184 g/mol. The lowest BCUT2D eigenvalue weighted by molar-refractivity contribution is 0.553. The van der Waals surface area contributed by atoms with E-state index in [0.717, 1.165) is 19.0 Å². The van der Waals surface area contributed by atoms with Crippen molar-refractivity contribution in [2.45, 2.75) is 36.8 Å². The Morgan fingerprint density at radius 3 is 2.67 bits per heavy atom. The molecule has 0 radical (unpaired) electrons. The van der Waals surface area contributed by atoms with Crippen LogP contribution in [0.3, 0.4) is 0 Å². The molecule has 15 heavy (non-hydrogen) atoms. The SMILES string of the molecule is N[C@]1(CNC2CC2)C[C@H]1c1ccccc1. The van der Waals surface area contributed by atoms with E-state index in [4.69, 9.17) is 5.73 Å². The zero-order valence-corrected chi connectivity index (χ0v) is 8.95. The minimum Gasteiger partial charge on any atom is -0.323 e. The number of hydrogen-bond donors (Lipinski definition) is 2. The summed E-state index contributed by atoms with van der Waals surface area (Å²) in [4.78, 5) is 0. The third-order valence-corrected chi connectivity index (χ3v) is 3.62. The first kappa shape index (κ1) is 9.37. The molecule has 2 aliphatic rings. The number of nitrogens with two attached hydrogens (primary N) is 1. The Labute approximate surface area is 90.9 Å². The minimum atomic E-state index is 0.0317. The molecule has 2 heteroatoms. The van der Waals surface area contributed by atoms with Crippen molar-refractivity contribution >= 4 is 0 Å². The summed E-state index contributed by atoms with van der Waals surface area (Å²) in [6.45, 7) is 0.983. The molecule has 0 aromatic heterocycles. The van der Waals surface area contributed by atoms with Crippen molar-refractivity contribution in [2.24, 2.45) is 5.73 Å². The molecule has 2 nitrogen and oxygen atoms in total. The van der Waals surface area contributed by atoms with Gasteiger partial charge in [-0.3, -0.25) is 0 Å². The minimum absolute atomic E-state index is 0.0317. The molecule has 1 aromatic rings. The second kappa shape index (κ2) is 3.32. The van der Waals surface area contributed by atoms with Crippen LogP contribution in [-0.4, -0.2) is 18.1 Å². The molecule has 0 saturated heterocycles. The van der Waals surface area contributed by atoms with Crippen LogP contribution in [0.4, 0.5) is 0 Å². The van der Waals surface area contributed by atoms with Gasteiger partial charge in [0.15, 0.2) is 0 Å². The maximum absolute atomic E-state index is 6.34. The van der Waals surface area contributed by atoms with Crippen LogP contribution in [0.1, 0.15) is 30.7 Å². The van der Waals surface area contributed by atoms with E-state index in [0.29, 0.717) is 5.92 Å². The van der Waals surface area contributed by atoms with Gasteiger partial charge in [-0.2, -0.15) is 0 Å². The van der Waals surface area contributed by atoms with Crippen LogP contribution in [0.2, 0.25) is 0 Å². The largest absolute Gasteiger partial charge is 0.323 e. The second-order valence-electron chi connectivity index (χ2n) is 5.06. The number of rotatable bonds is 4. The molecule has 0 heterocycles. The maximum atomic E-state index is 6.34. The van der Waals surface area contributed by atoms with Crippen molar-refractivity contribution in [3.63, 3.8) is 0 Å². The summed E-state index contributed by atoms with van der Waals surface area (Å²) in [5.41, 5.74) is 7.77. The van der Waals surface area contributed by atoms with E-state index in [2.05, 4.69) is 35.6 Å². The topological polar surface area (TPSA) is 38.0 Å². The fraction of sp³-hybridized carbons (Fsp3) is 0.538. The Morgan fingerprint density at radius 1 is 1.27 bits per heavy atom. The summed E-state index contributed by atoms with van der Waals surface area (Å²) in [5, 5.41) is 3.53. The van der Waals surface area contributed by atoms with Crippen molar-refractivity contribution in [1.82, 2.24) is 5.32 Å². The molecule has 3 rings (SSSR count). The highest BCUT2D eigenvalue weighted by atomic mass is 15.0. The summed E-state index contributed by atoms with van der Waals surface area (Å²) in [7, 11) is 0. The number of nitrogens with one attached hydrogen (secondary N) is 1. The Hall–Kier alpha value is -0.860. The Balaban J connectivity index is 1.61. The van der Waals surface area contributed by atoms with Crippen LogP contribution >= 0.6 is 0 Å². The lowest BCUT2D eigenvalue weighted by Gasteiger charge is -2.12. The van der Waals surface area contributed by atoms with Gasteiger partial charge in [0, 0.05) is 24.0 Å². The summed E-state index contributed by atoms with van der Waals surface area (Å²) in [5.74, 6) is 0.574. The fourth-order valence-corrected chi connectivity index (χ4v) is 2.27. The third kappa shape index (κ3) is 1.92. The molecule has 0 amide bonds. The number of benzene rings is 1. The molecule has 0 aliphatic heterocycles. The molecule has 0 bridgehead atoms. The van der Waals surface area contributed by atoms with Gasteiger partial charge in [0.1, 0.15) is 0 Å². The van der Waals surface area contributed by atoms with E-state index in [1.165, 1.54) is 18.4 Å². The molecule has 2 saturated carbocycles. The van der Waals surface area contributed by atoms with Gasteiger partial charge < -0.3 is 11.1 Å². The first-order valence-electron chi connectivity index (χ1n) is 5.85. The third-order valence-electron chi connectivity index (χ3n) is 3.62. The highest BCUT2D eigenvalue weighted by molar-refractivity contribution is 5.33. The van der Waals surface area contributed by atoms with Gasteiger partial charge in [-0.05, 0) is 24.8 Å². The predicted octanol–water partition coefficient (Wildman–Crippen LogP) is 1.62. The summed E-state index contributed by atoms with van der Waals surface area (Å²) in [6, 6.07) is 11.4. The van der Waals surface area contributed by atoms with Gasteiger partial charge in [-0.15, -0.1) is 0 Å². The molecule has 3 N–H and O–H groups in total. The van der Waals surface area contributed by atoms with Gasteiger partial charge in [0.05, 0.1) is 0 Å². The van der Waals surface area contributed by atoms with Crippen LogP contribution in [0.5, 0.6) is 0 Å². The fourth-order valence-electron chi connectivity index (χ4n) is 2.27. The lowest BCUT2D eigenvalue weighted by atomic mass is 10.1. The molecule has 2 aliphatic carbocycles. The smallest absolute Gasteiger partial charge is 0.0357 e. The maximum Gasteiger partial charge on any atom is 0.0357 e. The highest BCUT2D eigenvalue weighted by Gasteiger charge is 2.51. The molecule has 1 aromatic carbocycles. The van der Waals surface area contributed by atoms with Crippen LogP contribution in [-0.2, 0) is 0 Å². The van der Waals surface area contributed by atoms with Gasteiger partial charge in [0.2, 0.25) is 0 Å². The van der Waals surface area contributed by atoms with E-state index in [9.17, 15) is 0 Å². The highest BCUT2D eigenvalue weighted by Crippen LogP contribution is 2.49. The zero-order valence-electron chi connectivity index (χ0n) is 8.95. The van der Waals surface area contributed by atoms with E-state index in [1.807, 2.05) is 0 Å². The van der Waals surface area contributed by atoms with Crippen LogP contribution in [0.25, 0.3) is 0 Å². The standard InChI is InChI=1S/C13H18N2/c14-13(9-15-11-6-7-11)8-12(13)10-4-2-1-3-5-10/h1-5,11-12,15H,6-9,14H2/t12-,13-/m0/s1. The molecule has 2 atom stereocenters. The molecule has 0 spiro atoms.